The zero-order valence-corrected chi connectivity index (χ0v) is 9.21. The molecule has 4 nitrogen and oxygen atoms in total. The van der Waals surface area contributed by atoms with E-state index in [1.54, 1.807) is 6.07 Å². The van der Waals surface area contributed by atoms with Crippen LogP contribution in [0.1, 0.15) is 0 Å². The molecular weight excluding hydrogens is 256 g/mol. The number of rotatable bonds is 2. The average molecular weight is 260 g/mol. The fraction of sp³-hybridized carbons (Fsp3) is 0. The molecule has 0 atom stereocenters. The van der Waals surface area contributed by atoms with Crippen molar-refractivity contribution >= 4 is 23.2 Å². The number of halogens is 3. The SMILES string of the molecule is Fc1cccc(Oc2nc(Cl)nc(Cl)n2)c1. The van der Waals surface area contributed by atoms with Gasteiger partial charge in [-0.2, -0.15) is 15.0 Å². The maximum atomic E-state index is 12.8. The Morgan fingerprint density at radius 2 is 1.75 bits per heavy atom. The minimum absolute atomic E-state index is 0.0874. The summed E-state index contributed by atoms with van der Waals surface area (Å²) in [6.45, 7) is 0. The molecule has 1 heterocycles. The average Bonchev–Trinajstić information content (AvgIpc) is 2.15. The topological polar surface area (TPSA) is 47.9 Å². The molecule has 2 rings (SSSR count). The van der Waals surface area contributed by atoms with E-state index in [0.717, 1.165) is 0 Å². The van der Waals surface area contributed by atoms with Gasteiger partial charge in [-0.25, -0.2) is 4.39 Å². The van der Waals surface area contributed by atoms with E-state index in [4.69, 9.17) is 27.9 Å². The van der Waals surface area contributed by atoms with Crippen LogP contribution in [0.4, 0.5) is 4.39 Å². The highest BCUT2D eigenvalue weighted by Crippen LogP contribution is 2.20. The van der Waals surface area contributed by atoms with E-state index < -0.39 is 5.82 Å². The summed E-state index contributed by atoms with van der Waals surface area (Å²) in [5, 5.41) is -0.183. The first-order valence-electron chi connectivity index (χ1n) is 4.14. The Morgan fingerprint density at radius 1 is 1.06 bits per heavy atom. The second-order valence-corrected chi connectivity index (χ2v) is 3.39. The molecule has 7 heteroatoms. The largest absolute Gasteiger partial charge is 0.424 e. The molecule has 82 valence electrons. The van der Waals surface area contributed by atoms with Gasteiger partial charge in [-0.1, -0.05) is 6.07 Å². The van der Waals surface area contributed by atoms with E-state index in [9.17, 15) is 4.39 Å². The molecule has 0 aliphatic rings. The lowest BCUT2D eigenvalue weighted by Gasteiger charge is -2.03. The van der Waals surface area contributed by atoms with Gasteiger partial charge in [0.05, 0.1) is 0 Å². The van der Waals surface area contributed by atoms with Crippen LogP contribution in [0.25, 0.3) is 0 Å². The van der Waals surface area contributed by atoms with Crippen molar-refractivity contribution in [2.24, 2.45) is 0 Å². The van der Waals surface area contributed by atoms with E-state index in [1.807, 2.05) is 0 Å². The van der Waals surface area contributed by atoms with Gasteiger partial charge in [0.25, 0.3) is 0 Å². The summed E-state index contributed by atoms with van der Waals surface area (Å²) in [7, 11) is 0. The van der Waals surface area contributed by atoms with E-state index in [0.29, 0.717) is 0 Å². The first-order valence-corrected chi connectivity index (χ1v) is 4.89. The Bertz CT molecular complexity index is 504. The van der Waals surface area contributed by atoms with Gasteiger partial charge in [0.1, 0.15) is 11.6 Å². The molecule has 0 aliphatic carbocycles. The summed E-state index contributed by atoms with van der Waals surface area (Å²) < 4.78 is 18.0. The van der Waals surface area contributed by atoms with Crippen LogP contribution < -0.4 is 4.74 Å². The van der Waals surface area contributed by atoms with Crippen molar-refractivity contribution in [2.45, 2.75) is 0 Å². The summed E-state index contributed by atoms with van der Waals surface area (Å²) in [4.78, 5) is 10.9. The number of nitrogens with zero attached hydrogens (tertiary/aromatic N) is 3. The fourth-order valence-electron chi connectivity index (χ4n) is 0.991. The van der Waals surface area contributed by atoms with Crippen LogP contribution in [0.2, 0.25) is 10.6 Å². The van der Waals surface area contributed by atoms with Gasteiger partial charge in [0.2, 0.25) is 10.6 Å². The molecule has 0 unspecified atom stereocenters. The molecule has 16 heavy (non-hydrogen) atoms. The van der Waals surface area contributed by atoms with Gasteiger partial charge in [0, 0.05) is 6.07 Å². The predicted octanol–water partition coefficient (Wildman–Crippen LogP) is 3.11. The monoisotopic (exact) mass is 259 g/mol. The van der Waals surface area contributed by atoms with Crippen LogP contribution in [0.5, 0.6) is 11.8 Å². The number of hydrogen-bond donors (Lipinski definition) is 0. The summed E-state index contributed by atoms with van der Waals surface area (Å²) in [6.07, 6.45) is 0. The van der Waals surface area contributed by atoms with Crippen molar-refractivity contribution in [3.63, 3.8) is 0 Å². The van der Waals surface area contributed by atoms with Gasteiger partial charge in [-0.05, 0) is 35.3 Å². The highest BCUT2D eigenvalue weighted by molar-refractivity contribution is 6.31. The highest BCUT2D eigenvalue weighted by Gasteiger charge is 2.05. The Hall–Kier alpha value is -1.46. The summed E-state index contributed by atoms with van der Waals surface area (Å²) >= 11 is 11.1. The molecule has 0 spiro atoms. The second-order valence-electron chi connectivity index (χ2n) is 2.72. The normalized spacial score (nSPS) is 10.2. The molecule has 0 aliphatic heterocycles. The fourth-order valence-corrected chi connectivity index (χ4v) is 1.34. The van der Waals surface area contributed by atoms with Crippen molar-refractivity contribution in [1.82, 2.24) is 15.0 Å². The number of aromatic nitrogens is 3. The molecule has 2 aromatic rings. The maximum absolute atomic E-state index is 12.8. The second kappa shape index (κ2) is 4.59. The third-order valence-electron chi connectivity index (χ3n) is 1.57. The molecule has 0 fully saturated rings. The lowest BCUT2D eigenvalue weighted by atomic mass is 10.3. The van der Waals surface area contributed by atoms with Crippen LogP contribution in [0, 0.1) is 5.82 Å². The molecule has 0 N–H and O–H groups in total. The van der Waals surface area contributed by atoms with Crippen molar-refractivity contribution < 1.29 is 9.13 Å². The Morgan fingerprint density at radius 3 is 2.38 bits per heavy atom. The zero-order chi connectivity index (χ0) is 11.5. The quantitative estimate of drug-likeness (QED) is 0.832. The molecule has 1 aromatic carbocycles. The first-order chi connectivity index (χ1) is 7.63. The zero-order valence-electron chi connectivity index (χ0n) is 7.69. The minimum atomic E-state index is -0.427. The maximum Gasteiger partial charge on any atom is 0.327 e. The van der Waals surface area contributed by atoms with Crippen LogP contribution >= 0.6 is 23.2 Å². The number of hydrogen-bond acceptors (Lipinski definition) is 4. The molecule has 0 radical (unpaired) electrons. The first kappa shape index (κ1) is 11.0. The molecule has 0 saturated heterocycles. The van der Waals surface area contributed by atoms with Gasteiger partial charge < -0.3 is 4.74 Å². The number of benzene rings is 1. The molecule has 0 bridgehead atoms. The van der Waals surface area contributed by atoms with Gasteiger partial charge in [-0.3, -0.25) is 0 Å². The molecule has 1 aromatic heterocycles. The van der Waals surface area contributed by atoms with Crippen molar-refractivity contribution in [3.8, 4) is 11.8 Å². The lowest BCUT2D eigenvalue weighted by molar-refractivity contribution is 0.435. The minimum Gasteiger partial charge on any atom is -0.424 e. The van der Waals surface area contributed by atoms with Gasteiger partial charge >= 0.3 is 6.01 Å². The van der Waals surface area contributed by atoms with E-state index in [1.165, 1.54) is 18.2 Å². The molecule has 0 amide bonds. The Kier molecular flexibility index (Phi) is 3.17. The third-order valence-corrected chi connectivity index (χ3v) is 1.90. The van der Waals surface area contributed by atoms with Gasteiger partial charge in [0.15, 0.2) is 0 Å². The van der Waals surface area contributed by atoms with E-state index in [2.05, 4.69) is 15.0 Å². The van der Waals surface area contributed by atoms with Crippen LogP contribution in [-0.2, 0) is 0 Å². The lowest BCUT2D eigenvalue weighted by Crippen LogP contribution is -1.95. The van der Waals surface area contributed by atoms with Crippen LogP contribution in [0.3, 0.4) is 0 Å². The van der Waals surface area contributed by atoms with Crippen LogP contribution in [0.15, 0.2) is 24.3 Å². The third kappa shape index (κ3) is 2.77. The summed E-state index contributed by atoms with van der Waals surface area (Å²) in [6, 6.07) is 5.44. The predicted molar refractivity (Wildman–Crippen MR) is 56.3 cm³/mol. The number of ether oxygens (including phenoxy) is 1. The van der Waals surface area contributed by atoms with Crippen molar-refractivity contribution in [1.29, 1.82) is 0 Å². The Labute approximate surface area is 100 Å². The van der Waals surface area contributed by atoms with Crippen molar-refractivity contribution in [3.05, 3.63) is 40.6 Å². The summed E-state index contributed by atoms with van der Waals surface area (Å²) in [5.41, 5.74) is 0. The summed E-state index contributed by atoms with van der Waals surface area (Å²) in [5.74, 6) is -0.179. The highest BCUT2D eigenvalue weighted by atomic mass is 35.5. The molecule has 0 saturated carbocycles. The van der Waals surface area contributed by atoms with E-state index >= 15 is 0 Å². The molecular formula is C9H4Cl2FN3O. The van der Waals surface area contributed by atoms with Crippen molar-refractivity contribution in [2.75, 3.05) is 0 Å². The standard InChI is InChI=1S/C9H4Cl2FN3O/c10-7-13-8(11)15-9(14-7)16-6-3-1-2-5(12)4-6/h1-4H. The Balaban J connectivity index is 2.27. The van der Waals surface area contributed by atoms with E-state index in [-0.39, 0.29) is 22.3 Å². The smallest absolute Gasteiger partial charge is 0.327 e. The van der Waals surface area contributed by atoms with Gasteiger partial charge in [-0.15, -0.1) is 0 Å². The van der Waals surface area contributed by atoms with Crippen LogP contribution in [-0.4, -0.2) is 15.0 Å².